The maximum absolute atomic E-state index is 11.1. The van der Waals surface area contributed by atoms with E-state index in [-0.39, 0.29) is 6.10 Å². The number of ether oxygens (including phenoxy) is 2. The Morgan fingerprint density at radius 2 is 2.19 bits per heavy atom. The zero-order valence-electron chi connectivity index (χ0n) is 8.83. The molecule has 0 radical (unpaired) electrons. The van der Waals surface area contributed by atoms with Crippen LogP contribution in [0.2, 0.25) is 0 Å². The van der Waals surface area contributed by atoms with E-state index in [1.165, 1.54) is 0 Å². The molecule has 2 unspecified atom stereocenters. The van der Waals surface area contributed by atoms with Gasteiger partial charge < -0.3 is 14.6 Å². The number of hydrogen-bond acceptors (Lipinski definition) is 3. The highest BCUT2D eigenvalue weighted by molar-refractivity contribution is 5.74. The molecule has 4 nitrogen and oxygen atoms in total. The Morgan fingerprint density at radius 3 is 2.75 bits per heavy atom. The molecule has 1 saturated heterocycles. The van der Waals surface area contributed by atoms with Crippen LogP contribution in [-0.4, -0.2) is 30.4 Å². The normalized spacial score (nSPS) is 21.9. The molecule has 0 aromatic heterocycles. The van der Waals surface area contributed by atoms with Gasteiger partial charge in [-0.3, -0.25) is 0 Å². The van der Waals surface area contributed by atoms with Crippen molar-refractivity contribution in [2.45, 2.75) is 18.6 Å². The van der Waals surface area contributed by atoms with Crippen molar-refractivity contribution in [3.05, 3.63) is 35.9 Å². The van der Waals surface area contributed by atoms with Crippen molar-refractivity contribution >= 4 is 5.97 Å². The molecule has 86 valence electrons. The quantitative estimate of drug-likeness (QED) is 0.841. The molecule has 0 bridgehead atoms. The monoisotopic (exact) mass is 222 g/mol. The van der Waals surface area contributed by atoms with Gasteiger partial charge in [0.2, 0.25) is 0 Å². The third-order valence-corrected chi connectivity index (χ3v) is 2.54. The van der Waals surface area contributed by atoms with E-state index in [2.05, 4.69) is 0 Å². The molecule has 0 amide bonds. The Morgan fingerprint density at radius 1 is 1.44 bits per heavy atom. The molecule has 4 heteroatoms. The van der Waals surface area contributed by atoms with Crippen LogP contribution in [0, 0.1) is 0 Å². The lowest BCUT2D eigenvalue weighted by Gasteiger charge is -2.17. The van der Waals surface area contributed by atoms with Gasteiger partial charge in [0.1, 0.15) is 0 Å². The van der Waals surface area contributed by atoms with E-state index in [0.29, 0.717) is 18.8 Å². The topological polar surface area (TPSA) is 55.8 Å². The van der Waals surface area contributed by atoms with Crippen LogP contribution in [0.4, 0.5) is 0 Å². The highest BCUT2D eigenvalue weighted by Crippen LogP contribution is 2.22. The number of carbonyl (C=O) groups is 1. The minimum atomic E-state index is -0.960. The van der Waals surface area contributed by atoms with Crippen molar-refractivity contribution in [2.75, 3.05) is 13.2 Å². The molecule has 0 saturated carbocycles. The SMILES string of the molecule is O=C(O)C(OC1CCOC1)c1ccccc1. The van der Waals surface area contributed by atoms with Gasteiger partial charge in [-0.15, -0.1) is 0 Å². The lowest BCUT2D eigenvalue weighted by molar-refractivity contribution is -0.155. The van der Waals surface area contributed by atoms with Crippen LogP contribution in [0.1, 0.15) is 18.1 Å². The molecular formula is C12H14O4. The van der Waals surface area contributed by atoms with Crippen LogP contribution >= 0.6 is 0 Å². The minimum absolute atomic E-state index is 0.110. The summed E-state index contributed by atoms with van der Waals surface area (Å²) >= 11 is 0. The Labute approximate surface area is 93.8 Å². The molecule has 1 fully saturated rings. The fraction of sp³-hybridized carbons (Fsp3) is 0.417. The number of carboxylic acids is 1. The summed E-state index contributed by atoms with van der Waals surface area (Å²) in [6, 6.07) is 8.98. The Bertz CT molecular complexity index is 343. The number of hydrogen-bond donors (Lipinski definition) is 1. The fourth-order valence-corrected chi connectivity index (χ4v) is 1.72. The first-order valence-corrected chi connectivity index (χ1v) is 5.28. The highest BCUT2D eigenvalue weighted by atomic mass is 16.6. The molecule has 1 aromatic carbocycles. The molecule has 1 aromatic rings. The molecule has 2 rings (SSSR count). The molecule has 2 atom stereocenters. The summed E-state index contributed by atoms with van der Waals surface area (Å²) in [6.45, 7) is 1.13. The zero-order valence-corrected chi connectivity index (χ0v) is 8.83. The van der Waals surface area contributed by atoms with Crippen LogP contribution in [0.25, 0.3) is 0 Å². The van der Waals surface area contributed by atoms with Gasteiger partial charge in [0.05, 0.1) is 12.7 Å². The Kier molecular flexibility index (Phi) is 3.54. The lowest BCUT2D eigenvalue weighted by Crippen LogP contribution is -2.22. The predicted octanol–water partition coefficient (Wildman–Crippen LogP) is 1.62. The Hall–Kier alpha value is -1.39. The number of carboxylic acid groups (broad SMARTS) is 1. The van der Waals surface area contributed by atoms with E-state index in [1.54, 1.807) is 24.3 Å². The van der Waals surface area contributed by atoms with E-state index in [0.717, 1.165) is 6.42 Å². The number of rotatable bonds is 4. The summed E-state index contributed by atoms with van der Waals surface area (Å²) in [5.41, 5.74) is 0.668. The number of aliphatic carboxylic acids is 1. The van der Waals surface area contributed by atoms with Gasteiger partial charge >= 0.3 is 5.97 Å². The van der Waals surface area contributed by atoms with Crippen molar-refractivity contribution in [2.24, 2.45) is 0 Å². The van der Waals surface area contributed by atoms with Gasteiger partial charge in [0.25, 0.3) is 0 Å². The summed E-state index contributed by atoms with van der Waals surface area (Å²) in [7, 11) is 0. The second kappa shape index (κ2) is 5.09. The first-order valence-electron chi connectivity index (χ1n) is 5.28. The summed E-state index contributed by atoms with van der Waals surface area (Å²) in [5, 5.41) is 9.12. The Balaban J connectivity index is 2.08. The van der Waals surface area contributed by atoms with E-state index in [1.807, 2.05) is 6.07 Å². The van der Waals surface area contributed by atoms with Crippen LogP contribution in [-0.2, 0) is 14.3 Å². The maximum atomic E-state index is 11.1. The second-order valence-electron chi connectivity index (χ2n) is 3.75. The lowest BCUT2D eigenvalue weighted by atomic mass is 10.1. The van der Waals surface area contributed by atoms with Crippen molar-refractivity contribution < 1.29 is 19.4 Å². The first kappa shape index (κ1) is 11.1. The predicted molar refractivity (Wildman–Crippen MR) is 57.1 cm³/mol. The van der Waals surface area contributed by atoms with Crippen LogP contribution < -0.4 is 0 Å². The minimum Gasteiger partial charge on any atom is -0.479 e. The summed E-state index contributed by atoms with van der Waals surface area (Å²) in [5.74, 6) is -0.960. The molecule has 1 aliphatic rings. The van der Waals surface area contributed by atoms with Gasteiger partial charge in [0.15, 0.2) is 6.10 Å². The average molecular weight is 222 g/mol. The maximum Gasteiger partial charge on any atom is 0.337 e. The molecule has 0 aliphatic carbocycles. The average Bonchev–Trinajstić information content (AvgIpc) is 2.79. The largest absolute Gasteiger partial charge is 0.479 e. The van der Waals surface area contributed by atoms with Crippen molar-refractivity contribution in [1.29, 1.82) is 0 Å². The molecular weight excluding hydrogens is 208 g/mol. The van der Waals surface area contributed by atoms with Gasteiger partial charge in [-0.1, -0.05) is 30.3 Å². The molecule has 1 heterocycles. The standard InChI is InChI=1S/C12H14O4/c13-12(14)11(9-4-2-1-3-5-9)16-10-6-7-15-8-10/h1-5,10-11H,6-8H2,(H,13,14). The summed E-state index contributed by atoms with van der Waals surface area (Å²) in [6.07, 6.45) is -0.245. The van der Waals surface area contributed by atoms with Gasteiger partial charge in [-0.05, 0) is 12.0 Å². The second-order valence-corrected chi connectivity index (χ2v) is 3.75. The van der Waals surface area contributed by atoms with Crippen molar-refractivity contribution in [3.63, 3.8) is 0 Å². The van der Waals surface area contributed by atoms with Crippen molar-refractivity contribution in [3.8, 4) is 0 Å². The molecule has 0 spiro atoms. The summed E-state index contributed by atoms with van der Waals surface area (Å²) < 4.78 is 10.7. The summed E-state index contributed by atoms with van der Waals surface area (Å²) in [4.78, 5) is 11.1. The van der Waals surface area contributed by atoms with Crippen LogP contribution in [0.5, 0.6) is 0 Å². The zero-order chi connectivity index (χ0) is 11.4. The molecule has 16 heavy (non-hydrogen) atoms. The van der Waals surface area contributed by atoms with Gasteiger partial charge in [-0.25, -0.2) is 4.79 Å². The van der Waals surface area contributed by atoms with Crippen molar-refractivity contribution in [1.82, 2.24) is 0 Å². The first-order chi connectivity index (χ1) is 7.77. The molecule has 1 aliphatic heterocycles. The van der Waals surface area contributed by atoms with E-state index in [9.17, 15) is 4.79 Å². The fourth-order valence-electron chi connectivity index (χ4n) is 1.72. The van der Waals surface area contributed by atoms with Gasteiger partial charge in [0, 0.05) is 6.61 Å². The third kappa shape index (κ3) is 2.59. The smallest absolute Gasteiger partial charge is 0.337 e. The van der Waals surface area contributed by atoms with E-state index >= 15 is 0 Å². The van der Waals surface area contributed by atoms with E-state index < -0.39 is 12.1 Å². The molecule has 1 N–H and O–H groups in total. The number of benzene rings is 1. The highest BCUT2D eigenvalue weighted by Gasteiger charge is 2.26. The van der Waals surface area contributed by atoms with Crippen LogP contribution in [0.15, 0.2) is 30.3 Å². The third-order valence-electron chi connectivity index (χ3n) is 2.54. The van der Waals surface area contributed by atoms with Crippen LogP contribution in [0.3, 0.4) is 0 Å². The van der Waals surface area contributed by atoms with E-state index in [4.69, 9.17) is 14.6 Å². The van der Waals surface area contributed by atoms with Gasteiger partial charge in [-0.2, -0.15) is 0 Å².